The van der Waals surface area contributed by atoms with Crippen LogP contribution in [0.25, 0.3) is 0 Å². The first kappa shape index (κ1) is 14.1. The molecule has 0 aliphatic carbocycles. The highest BCUT2D eigenvalue weighted by molar-refractivity contribution is 5.98. The van der Waals surface area contributed by atoms with E-state index in [0.29, 0.717) is 12.8 Å². The molecule has 1 fully saturated rings. The molecular weight excluding hydrogens is 266 g/mol. The van der Waals surface area contributed by atoms with E-state index in [-0.39, 0.29) is 11.8 Å². The van der Waals surface area contributed by atoms with Gasteiger partial charge in [0.15, 0.2) is 0 Å². The lowest BCUT2D eigenvalue weighted by atomic mass is 10.00. The van der Waals surface area contributed by atoms with E-state index < -0.39 is 0 Å². The summed E-state index contributed by atoms with van der Waals surface area (Å²) in [5, 5.41) is 2.85. The van der Waals surface area contributed by atoms with Crippen molar-refractivity contribution in [1.82, 2.24) is 9.80 Å². The molecular formula is C16H21N3O2. The number of hydrogen-bond acceptors (Lipinski definition) is 3. The number of aryl methyl sites for hydroxylation is 1. The van der Waals surface area contributed by atoms with Gasteiger partial charge in [0.2, 0.25) is 5.91 Å². The second-order valence-corrected chi connectivity index (χ2v) is 5.65. The van der Waals surface area contributed by atoms with Crippen LogP contribution in [-0.2, 0) is 11.2 Å². The SMILES string of the molecule is CCN1CCN(C(=O)c2ccc3c(c2)CCC(=O)N3)CC1. The number of carbonyl (C=O) groups is 2. The Morgan fingerprint density at radius 3 is 2.67 bits per heavy atom. The number of amides is 2. The van der Waals surface area contributed by atoms with Crippen molar-refractivity contribution in [3.8, 4) is 0 Å². The molecule has 0 spiro atoms. The van der Waals surface area contributed by atoms with Crippen LogP contribution in [0, 0.1) is 0 Å². The van der Waals surface area contributed by atoms with Gasteiger partial charge in [-0.15, -0.1) is 0 Å². The van der Waals surface area contributed by atoms with Gasteiger partial charge in [-0.25, -0.2) is 0 Å². The van der Waals surface area contributed by atoms with Crippen LogP contribution >= 0.6 is 0 Å². The number of carbonyl (C=O) groups excluding carboxylic acids is 2. The summed E-state index contributed by atoms with van der Waals surface area (Å²) in [5.41, 5.74) is 2.64. The van der Waals surface area contributed by atoms with Crippen molar-refractivity contribution in [2.75, 3.05) is 38.0 Å². The van der Waals surface area contributed by atoms with Crippen LogP contribution in [0.4, 0.5) is 5.69 Å². The zero-order valence-electron chi connectivity index (χ0n) is 12.4. The van der Waals surface area contributed by atoms with Gasteiger partial charge in [-0.3, -0.25) is 9.59 Å². The molecule has 2 aliphatic rings. The van der Waals surface area contributed by atoms with E-state index in [1.165, 1.54) is 0 Å². The first-order valence-electron chi connectivity index (χ1n) is 7.62. The van der Waals surface area contributed by atoms with Crippen LogP contribution in [0.5, 0.6) is 0 Å². The molecule has 21 heavy (non-hydrogen) atoms. The lowest BCUT2D eigenvalue weighted by Crippen LogP contribution is -2.48. The molecule has 2 heterocycles. The third-order valence-electron chi connectivity index (χ3n) is 4.35. The van der Waals surface area contributed by atoms with Crippen LogP contribution in [0.3, 0.4) is 0 Å². The fourth-order valence-corrected chi connectivity index (χ4v) is 2.97. The van der Waals surface area contributed by atoms with Crippen molar-refractivity contribution in [3.63, 3.8) is 0 Å². The average Bonchev–Trinajstić information content (AvgIpc) is 2.53. The maximum Gasteiger partial charge on any atom is 0.253 e. The second-order valence-electron chi connectivity index (χ2n) is 5.65. The summed E-state index contributed by atoms with van der Waals surface area (Å²) in [5.74, 6) is 0.155. The quantitative estimate of drug-likeness (QED) is 0.893. The highest BCUT2D eigenvalue weighted by atomic mass is 16.2. The van der Waals surface area contributed by atoms with Gasteiger partial charge in [-0.05, 0) is 36.7 Å². The van der Waals surface area contributed by atoms with Crippen molar-refractivity contribution < 1.29 is 9.59 Å². The van der Waals surface area contributed by atoms with Gasteiger partial charge in [0.1, 0.15) is 0 Å². The van der Waals surface area contributed by atoms with Gasteiger partial charge in [0.25, 0.3) is 5.91 Å². The van der Waals surface area contributed by atoms with Crippen LogP contribution in [0.1, 0.15) is 29.3 Å². The number of rotatable bonds is 2. The van der Waals surface area contributed by atoms with Gasteiger partial charge < -0.3 is 15.1 Å². The zero-order chi connectivity index (χ0) is 14.8. The van der Waals surface area contributed by atoms with E-state index in [2.05, 4.69) is 17.1 Å². The summed E-state index contributed by atoms with van der Waals surface area (Å²) in [6.07, 6.45) is 1.21. The predicted octanol–water partition coefficient (Wildman–Crippen LogP) is 1.35. The molecule has 112 valence electrons. The lowest BCUT2D eigenvalue weighted by molar-refractivity contribution is -0.116. The van der Waals surface area contributed by atoms with Gasteiger partial charge in [-0.1, -0.05) is 6.92 Å². The lowest BCUT2D eigenvalue weighted by Gasteiger charge is -2.34. The van der Waals surface area contributed by atoms with Crippen molar-refractivity contribution in [3.05, 3.63) is 29.3 Å². The van der Waals surface area contributed by atoms with E-state index in [4.69, 9.17) is 0 Å². The van der Waals surface area contributed by atoms with E-state index in [1.807, 2.05) is 23.1 Å². The molecule has 0 radical (unpaired) electrons. The minimum Gasteiger partial charge on any atom is -0.336 e. The molecule has 1 saturated heterocycles. The maximum absolute atomic E-state index is 12.6. The molecule has 0 atom stereocenters. The van der Waals surface area contributed by atoms with Crippen LogP contribution in [-0.4, -0.2) is 54.3 Å². The molecule has 3 rings (SSSR count). The Morgan fingerprint density at radius 2 is 1.95 bits per heavy atom. The Kier molecular flexibility index (Phi) is 3.92. The highest BCUT2D eigenvalue weighted by Crippen LogP contribution is 2.24. The molecule has 0 saturated carbocycles. The summed E-state index contributed by atoms with van der Waals surface area (Å²) in [6.45, 7) is 6.67. The third-order valence-corrected chi connectivity index (χ3v) is 4.35. The summed E-state index contributed by atoms with van der Waals surface area (Å²) in [4.78, 5) is 28.2. The topological polar surface area (TPSA) is 52.7 Å². The molecule has 0 bridgehead atoms. The fraction of sp³-hybridized carbons (Fsp3) is 0.500. The Labute approximate surface area is 124 Å². The minimum atomic E-state index is 0.0530. The van der Waals surface area contributed by atoms with Crippen molar-refractivity contribution in [1.29, 1.82) is 0 Å². The first-order chi connectivity index (χ1) is 10.2. The molecule has 2 aliphatic heterocycles. The smallest absolute Gasteiger partial charge is 0.253 e. The normalized spacial score (nSPS) is 19.1. The minimum absolute atomic E-state index is 0.0530. The van der Waals surface area contributed by atoms with Crippen LogP contribution < -0.4 is 5.32 Å². The Morgan fingerprint density at radius 1 is 1.19 bits per heavy atom. The average molecular weight is 287 g/mol. The van der Waals surface area contributed by atoms with E-state index in [9.17, 15) is 9.59 Å². The number of benzene rings is 1. The Balaban J connectivity index is 1.72. The number of piperazine rings is 1. The zero-order valence-corrected chi connectivity index (χ0v) is 12.4. The molecule has 0 unspecified atom stereocenters. The number of anilines is 1. The molecule has 1 aromatic carbocycles. The van der Waals surface area contributed by atoms with Crippen molar-refractivity contribution >= 4 is 17.5 Å². The van der Waals surface area contributed by atoms with Crippen LogP contribution in [0.15, 0.2) is 18.2 Å². The van der Waals surface area contributed by atoms with Gasteiger partial charge in [0.05, 0.1) is 0 Å². The van der Waals surface area contributed by atoms with Gasteiger partial charge in [-0.2, -0.15) is 0 Å². The Bertz CT molecular complexity index is 563. The van der Waals surface area contributed by atoms with Gasteiger partial charge in [0, 0.05) is 43.9 Å². The van der Waals surface area contributed by atoms with Crippen molar-refractivity contribution in [2.45, 2.75) is 19.8 Å². The highest BCUT2D eigenvalue weighted by Gasteiger charge is 2.23. The molecule has 1 aromatic rings. The number of nitrogens with one attached hydrogen (secondary N) is 1. The Hall–Kier alpha value is -1.88. The second kappa shape index (κ2) is 5.85. The fourth-order valence-electron chi connectivity index (χ4n) is 2.97. The summed E-state index contributed by atoms with van der Waals surface area (Å²) >= 11 is 0. The monoisotopic (exact) mass is 287 g/mol. The van der Waals surface area contributed by atoms with Gasteiger partial charge >= 0.3 is 0 Å². The number of hydrogen-bond donors (Lipinski definition) is 1. The molecule has 2 amide bonds. The molecule has 5 nitrogen and oxygen atoms in total. The molecule has 0 aromatic heterocycles. The predicted molar refractivity (Wildman–Crippen MR) is 81.4 cm³/mol. The first-order valence-corrected chi connectivity index (χ1v) is 7.62. The summed E-state index contributed by atoms with van der Waals surface area (Å²) in [6, 6.07) is 5.60. The number of fused-ring (bicyclic) bond motifs is 1. The number of nitrogens with zero attached hydrogens (tertiary/aromatic N) is 2. The largest absolute Gasteiger partial charge is 0.336 e. The van der Waals surface area contributed by atoms with E-state index >= 15 is 0 Å². The standard InChI is InChI=1S/C16H21N3O2/c1-2-18-7-9-19(10-8-18)16(21)13-3-5-14-12(11-13)4-6-15(20)17-14/h3,5,11H,2,4,6-10H2,1H3,(H,17,20). The molecule has 5 heteroatoms. The van der Waals surface area contributed by atoms with E-state index in [0.717, 1.165) is 49.5 Å². The summed E-state index contributed by atoms with van der Waals surface area (Å²) in [7, 11) is 0. The van der Waals surface area contributed by atoms with E-state index in [1.54, 1.807) is 0 Å². The molecule has 1 N–H and O–H groups in total. The van der Waals surface area contributed by atoms with Crippen LogP contribution in [0.2, 0.25) is 0 Å². The number of likely N-dealkylation sites (N-methyl/N-ethyl adjacent to an activating group) is 1. The third kappa shape index (κ3) is 2.93. The maximum atomic E-state index is 12.6. The summed E-state index contributed by atoms with van der Waals surface area (Å²) < 4.78 is 0. The van der Waals surface area contributed by atoms with Crippen molar-refractivity contribution in [2.24, 2.45) is 0 Å².